The van der Waals surface area contributed by atoms with Crippen LogP contribution in [0.15, 0.2) is 96.4 Å². The molecule has 0 fully saturated rings. The molecule has 206 valence electrons. The van der Waals surface area contributed by atoms with Crippen molar-refractivity contribution in [2.24, 2.45) is 5.73 Å². The van der Waals surface area contributed by atoms with Gasteiger partial charge in [-0.3, -0.25) is 0 Å². The predicted octanol–water partition coefficient (Wildman–Crippen LogP) is 6.38. The van der Waals surface area contributed by atoms with Gasteiger partial charge in [-0.15, -0.1) is 0 Å². The Bertz CT molecular complexity index is 1680. The first-order valence-corrected chi connectivity index (χ1v) is 12.7. The number of hydrogen-bond donors (Lipinski definition) is 1. The molecule has 0 spiro atoms. The fourth-order valence-corrected chi connectivity index (χ4v) is 4.46. The third kappa shape index (κ3) is 5.82. The van der Waals surface area contributed by atoms with Crippen molar-refractivity contribution in [3.63, 3.8) is 0 Å². The molecule has 41 heavy (non-hydrogen) atoms. The molecule has 2 N–H and O–H groups in total. The van der Waals surface area contributed by atoms with Crippen LogP contribution in [0.4, 0.5) is 8.78 Å². The van der Waals surface area contributed by atoms with Crippen LogP contribution in [-0.4, -0.2) is 12.6 Å². The summed E-state index contributed by atoms with van der Waals surface area (Å²) in [6.45, 7) is 2.17. The van der Waals surface area contributed by atoms with E-state index in [0.717, 1.165) is 0 Å². The monoisotopic (exact) mass is 554 g/mol. The zero-order chi connectivity index (χ0) is 28.9. The van der Waals surface area contributed by atoms with E-state index in [1.807, 2.05) is 6.92 Å². The Morgan fingerprint density at radius 1 is 0.976 bits per heavy atom. The number of rotatable bonds is 8. The van der Waals surface area contributed by atoms with Gasteiger partial charge in [0.05, 0.1) is 18.1 Å². The highest BCUT2D eigenvalue weighted by Crippen LogP contribution is 2.45. The molecular formula is C32H24F2N2O5. The van der Waals surface area contributed by atoms with Crippen molar-refractivity contribution >= 4 is 5.97 Å². The number of fused-ring (bicyclic) bond motifs is 1. The molecule has 0 radical (unpaired) electrons. The second-order valence-electron chi connectivity index (χ2n) is 9.04. The van der Waals surface area contributed by atoms with Crippen LogP contribution in [-0.2, 0) is 6.61 Å². The molecule has 1 atom stereocenters. The summed E-state index contributed by atoms with van der Waals surface area (Å²) in [5, 5.41) is 9.95. The van der Waals surface area contributed by atoms with Gasteiger partial charge >= 0.3 is 5.97 Å². The minimum absolute atomic E-state index is 0.00190. The second kappa shape index (κ2) is 11.8. The average molecular weight is 555 g/mol. The van der Waals surface area contributed by atoms with E-state index in [1.54, 1.807) is 48.5 Å². The van der Waals surface area contributed by atoms with Gasteiger partial charge in [0.25, 0.3) is 0 Å². The second-order valence-corrected chi connectivity index (χ2v) is 9.04. The molecule has 4 aromatic carbocycles. The van der Waals surface area contributed by atoms with Crippen LogP contribution in [0, 0.1) is 23.0 Å². The van der Waals surface area contributed by atoms with Gasteiger partial charge in [-0.25, -0.2) is 13.6 Å². The molecular weight excluding hydrogens is 530 g/mol. The van der Waals surface area contributed by atoms with Gasteiger partial charge < -0.3 is 24.7 Å². The van der Waals surface area contributed by atoms with Crippen LogP contribution >= 0.6 is 0 Å². The first-order valence-electron chi connectivity index (χ1n) is 12.7. The molecule has 1 heterocycles. The standard InChI is InChI=1S/C32H24F2N2O5/c1-2-38-29-15-20(9-14-27(29)39-18-21-5-3-4-6-26(21)34)30-24-13-12-23(16-28(24)41-31(36)25(30)17-35)40-32(37)19-7-10-22(33)11-8-19/h3-16,30H,2,18,36H2,1H3. The van der Waals surface area contributed by atoms with E-state index in [2.05, 4.69) is 6.07 Å². The SMILES string of the molecule is CCOc1cc(C2C(C#N)=C(N)Oc3cc(OC(=O)c4ccc(F)cc4)ccc32)ccc1OCc1ccccc1F. The van der Waals surface area contributed by atoms with Crippen LogP contribution in [0.2, 0.25) is 0 Å². The number of nitrogens with two attached hydrogens (primary N) is 1. The van der Waals surface area contributed by atoms with Gasteiger partial charge in [0, 0.05) is 17.2 Å². The molecule has 0 saturated carbocycles. The van der Waals surface area contributed by atoms with Crippen molar-refractivity contribution in [3.05, 3.63) is 130 Å². The summed E-state index contributed by atoms with van der Waals surface area (Å²) in [6.07, 6.45) is 0. The first-order chi connectivity index (χ1) is 19.9. The summed E-state index contributed by atoms with van der Waals surface area (Å²) in [5.74, 6) is -0.933. The average Bonchev–Trinajstić information content (AvgIpc) is 2.97. The Morgan fingerprint density at radius 2 is 1.76 bits per heavy atom. The number of hydrogen-bond acceptors (Lipinski definition) is 7. The molecule has 1 aliphatic heterocycles. The zero-order valence-electron chi connectivity index (χ0n) is 21.9. The minimum atomic E-state index is -0.675. The molecule has 4 aromatic rings. The Morgan fingerprint density at radius 3 is 2.49 bits per heavy atom. The van der Waals surface area contributed by atoms with E-state index >= 15 is 0 Å². The maximum absolute atomic E-state index is 14.1. The lowest BCUT2D eigenvalue weighted by Crippen LogP contribution is -2.21. The third-order valence-electron chi connectivity index (χ3n) is 6.42. The molecule has 0 aliphatic carbocycles. The molecule has 0 saturated heterocycles. The highest BCUT2D eigenvalue weighted by atomic mass is 19.1. The smallest absolute Gasteiger partial charge is 0.343 e. The van der Waals surface area contributed by atoms with Gasteiger partial charge in [-0.2, -0.15) is 5.26 Å². The van der Waals surface area contributed by atoms with E-state index in [9.17, 15) is 18.8 Å². The molecule has 0 bridgehead atoms. The maximum atomic E-state index is 14.1. The van der Waals surface area contributed by atoms with Gasteiger partial charge in [0.1, 0.15) is 41.4 Å². The molecule has 0 aromatic heterocycles. The summed E-state index contributed by atoms with van der Waals surface area (Å²) in [6, 6.07) is 23.4. The summed E-state index contributed by atoms with van der Waals surface area (Å²) < 4.78 is 50.2. The number of carbonyl (C=O) groups is 1. The Labute approximate surface area is 235 Å². The summed E-state index contributed by atoms with van der Waals surface area (Å²) in [5.41, 5.74) is 8.19. The maximum Gasteiger partial charge on any atom is 0.343 e. The van der Waals surface area contributed by atoms with Crippen molar-refractivity contribution in [1.29, 1.82) is 5.26 Å². The number of esters is 1. The third-order valence-corrected chi connectivity index (χ3v) is 6.42. The molecule has 0 amide bonds. The quantitative estimate of drug-likeness (QED) is 0.199. The fourth-order valence-electron chi connectivity index (χ4n) is 4.46. The summed E-state index contributed by atoms with van der Waals surface area (Å²) in [4.78, 5) is 12.5. The van der Waals surface area contributed by atoms with Crippen molar-refractivity contribution < 1.29 is 32.5 Å². The number of nitrogens with zero attached hydrogens (tertiary/aromatic N) is 1. The predicted molar refractivity (Wildman–Crippen MR) is 145 cm³/mol. The molecule has 9 heteroatoms. The van der Waals surface area contributed by atoms with Gasteiger partial charge in [-0.05, 0) is 61.0 Å². The summed E-state index contributed by atoms with van der Waals surface area (Å²) >= 11 is 0. The number of ether oxygens (including phenoxy) is 4. The van der Waals surface area contributed by atoms with Gasteiger partial charge in [0.15, 0.2) is 11.5 Å². The molecule has 7 nitrogen and oxygen atoms in total. The lowest BCUT2D eigenvalue weighted by molar-refractivity contribution is 0.0734. The van der Waals surface area contributed by atoms with Crippen LogP contribution in [0.1, 0.15) is 39.9 Å². The van der Waals surface area contributed by atoms with E-state index in [0.29, 0.717) is 40.5 Å². The van der Waals surface area contributed by atoms with Gasteiger partial charge in [-0.1, -0.05) is 30.3 Å². The topological polar surface area (TPSA) is 104 Å². The van der Waals surface area contributed by atoms with Crippen molar-refractivity contribution in [1.82, 2.24) is 0 Å². The number of benzene rings is 4. The lowest BCUT2D eigenvalue weighted by Gasteiger charge is -2.27. The normalized spacial score (nSPS) is 14.0. The fraction of sp³-hybridized carbons (Fsp3) is 0.125. The van der Waals surface area contributed by atoms with E-state index in [4.69, 9.17) is 24.7 Å². The Hall–Kier alpha value is -5.36. The van der Waals surface area contributed by atoms with Crippen LogP contribution in [0.3, 0.4) is 0 Å². The Kier molecular flexibility index (Phi) is 7.83. The van der Waals surface area contributed by atoms with Crippen LogP contribution < -0.4 is 24.7 Å². The zero-order valence-corrected chi connectivity index (χ0v) is 21.9. The van der Waals surface area contributed by atoms with Crippen LogP contribution in [0.5, 0.6) is 23.0 Å². The lowest BCUT2D eigenvalue weighted by atomic mass is 9.83. The molecule has 1 aliphatic rings. The molecule has 5 rings (SSSR count). The van der Waals surface area contributed by atoms with E-state index in [-0.39, 0.29) is 35.2 Å². The number of carbonyl (C=O) groups excluding carboxylic acids is 1. The van der Waals surface area contributed by atoms with Gasteiger partial charge in [0.2, 0.25) is 5.88 Å². The van der Waals surface area contributed by atoms with E-state index in [1.165, 1.54) is 36.4 Å². The van der Waals surface area contributed by atoms with Crippen molar-refractivity contribution in [3.8, 4) is 29.1 Å². The highest BCUT2D eigenvalue weighted by Gasteiger charge is 2.32. The molecule has 1 unspecified atom stereocenters. The largest absolute Gasteiger partial charge is 0.490 e. The Balaban J connectivity index is 1.45. The number of nitriles is 1. The van der Waals surface area contributed by atoms with Crippen molar-refractivity contribution in [2.45, 2.75) is 19.4 Å². The number of allylic oxidation sites excluding steroid dienone is 1. The minimum Gasteiger partial charge on any atom is -0.490 e. The summed E-state index contributed by atoms with van der Waals surface area (Å²) in [7, 11) is 0. The number of halogens is 2. The van der Waals surface area contributed by atoms with Crippen LogP contribution in [0.25, 0.3) is 0 Å². The highest BCUT2D eigenvalue weighted by molar-refractivity contribution is 5.91. The first kappa shape index (κ1) is 27.2. The van der Waals surface area contributed by atoms with Crippen molar-refractivity contribution in [2.75, 3.05) is 6.61 Å². The van der Waals surface area contributed by atoms with E-state index < -0.39 is 17.7 Å².